The van der Waals surface area contributed by atoms with Crippen LogP contribution in [0.15, 0.2) is 47.6 Å². The van der Waals surface area contributed by atoms with Gasteiger partial charge in [-0.05, 0) is 49.6 Å². The SMILES string of the molecule is CSc1ncccc1C(=O)O[C@H](C)C(=O)Nc1ccc(F)cc1. The molecule has 0 aliphatic carbocycles. The number of nitrogens with one attached hydrogen (secondary N) is 1. The largest absolute Gasteiger partial charge is 0.449 e. The van der Waals surface area contributed by atoms with Crippen LogP contribution in [-0.4, -0.2) is 29.2 Å². The van der Waals surface area contributed by atoms with Gasteiger partial charge in [0.2, 0.25) is 0 Å². The number of aromatic nitrogens is 1. The molecule has 1 N–H and O–H groups in total. The van der Waals surface area contributed by atoms with Gasteiger partial charge in [-0.25, -0.2) is 14.2 Å². The first-order valence-corrected chi connectivity index (χ1v) is 8.00. The lowest BCUT2D eigenvalue weighted by Gasteiger charge is -2.14. The van der Waals surface area contributed by atoms with E-state index in [2.05, 4.69) is 10.3 Å². The summed E-state index contributed by atoms with van der Waals surface area (Å²) in [4.78, 5) is 28.2. The Bertz CT molecular complexity index is 707. The molecular weight excluding hydrogens is 319 g/mol. The zero-order valence-electron chi connectivity index (χ0n) is 12.6. The fourth-order valence-corrected chi connectivity index (χ4v) is 2.30. The molecule has 23 heavy (non-hydrogen) atoms. The van der Waals surface area contributed by atoms with Gasteiger partial charge in [-0.15, -0.1) is 11.8 Å². The number of hydrogen-bond donors (Lipinski definition) is 1. The molecule has 1 heterocycles. The highest BCUT2D eigenvalue weighted by atomic mass is 32.2. The summed E-state index contributed by atoms with van der Waals surface area (Å²) in [5, 5.41) is 3.08. The summed E-state index contributed by atoms with van der Waals surface area (Å²) in [6.07, 6.45) is 2.37. The first kappa shape index (κ1) is 17.0. The number of benzene rings is 1. The van der Waals surface area contributed by atoms with E-state index in [1.807, 2.05) is 0 Å². The molecule has 0 saturated carbocycles. The molecule has 2 rings (SSSR count). The van der Waals surface area contributed by atoms with Crippen molar-refractivity contribution in [2.75, 3.05) is 11.6 Å². The topological polar surface area (TPSA) is 68.3 Å². The summed E-state index contributed by atoms with van der Waals surface area (Å²) in [6, 6.07) is 8.52. The lowest BCUT2D eigenvalue weighted by atomic mass is 10.2. The summed E-state index contributed by atoms with van der Waals surface area (Å²) in [5.74, 6) is -1.52. The van der Waals surface area contributed by atoms with Crippen molar-refractivity contribution in [2.24, 2.45) is 0 Å². The maximum Gasteiger partial charge on any atom is 0.341 e. The Morgan fingerprint density at radius 3 is 2.61 bits per heavy atom. The van der Waals surface area contributed by atoms with E-state index >= 15 is 0 Å². The number of ether oxygens (including phenoxy) is 1. The van der Waals surface area contributed by atoms with Crippen molar-refractivity contribution < 1.29 is 18.7 Å². The molecule has 7 heteroatoms. The molecule has 0 bridgehead atoms. The third-order valence-corrected chi connectivity index (χ3v) is 3.66. The summed E-state index contributed by atoms with van der Waals surface area (Å²) in [6.45, 7) is 1.46. The normalized spacial score (nSPS) is 11.6. The number of halogens is 1. The Hall–Kier alpha value is -2.41. The van der Waals surface area contributed by atoms with Crippen LogP contribution in [-0.2, 0) is 9.53 Å². The van der Waals surface area contributed by atoms with Crippen molar-refractivity contribution in [1.29, 1.82) is 0 Å². The first-order chi connectivity index (χ1) is 11.0. The van der Waals surface area contributed by atoms with E-state index in [1.165, 1.54) is 43.0 Å². The van der Waals surface area contributed by atoms with Gasteiger partial charge in [-0.1, -0.05) is 0 Å². The van der Waals surface area contributed by atoms with Crippen LogP contribution in [0.2, 0.25) is 0 Å². The molecule has 0 radical (unpaired) electrons. The fourth-order valence-electron chi connectivity index (χ4n) is 1.76. The number of esters is 1. The minimum absolute atomic E-state index is 0.307. The molecule has 1 amide bonds. The minimum Gasteiger partial charge on any atom is -0.449 e. The molecule has 1 atom stereocenters. The predicted molar refractivity (Wildman–Crippen MR) is 85.9 cm³/mol. The molecule has 1 aromatic carbocycles. The molecule has 1 aromatic heterocycles. The highest BCUT2D eigenvalue weighted by Gasteiger charge is 2.21. The number of hydrogen-bond acceptors (Lipinski definition) is 5. The van der Waals surface area contributed by atoms with E-state index < -0.39 is 23.8 Å². The van der Waals surface area contributed by atoms with Crippen molar-refractivity contribution in [1.82, 2.24) is 4.98 Å². The maximum atomic E-state index is 12.8. The van der Waals surface area contributed by atoms with Gasteiger partial charge in [-0.3, -0.25) is 4.79 Å². The van der Waals surface area contributed by atoms with Crippen LogP contribution in [0.5, 0.6) is 0 Å². The van der Waals surface area contributed by atoms with Gasteiger partial charge in [0.1, 0.15) is 10.8 Å². The number of pyridine rings is 1. The minimum atomic E-state index is -0.998. The molecule has 2 aromatic rings. The smallest absolute Gasteiger partial charge is 0.341 e. The predicted octanol–water partition coefficient (Wildman–Crippen LogP) is 3.13. The van der Waals surface area contributed by atoms with Gasteiger partial charge in [-0.2, -0.15) is 0 Å². The number of thioether (sulfide) groups is 1. The Morgan fingerprint density at radius 2 is 1.96 bits per heavy atom. The van der Waals surface area contributed by atoms with Crippen LogP contribution in [0.1, 0.15) is 17.3 Å². The third kappa shape index (κ3) is 4.53. The van der Waals surface area contributed by atoms with Gasteiger partial charge in [0.15, 0.2) is 6.10 Å². The molecule has 0 fully saturated rings. The second-order valence-corrected chi connectivity index (χ2v) is 5.40. The number of anilines is 1. The number of carbonyl (C=O) groups is 2. The Labute approximate surface area is 137 Å². The van der Waals surface area contributed by atoms with Gasteiger partial charge in [0, 0.05) is 11.9 Å². The zero-order chi connectivity index (χ0) is 16.8. The average molecular weight is 334 g/mol. The van der Waals surface area contributed by atoms with E-state index in [1.54, 1.807) is 24.6 Å². The third-order valence-electron chi connectivity index (χ3n) is 2.95. The van der Waals surface area contributed by atoms with E-state index in [0.717, 1.165) is 0 Å². The summed E-state index contributed by atoms with van der Waals surface area (Å²) in [7, 11) is 0. The average Bonchev–Trinajstić information content (AvgIpc) is 2.56. The van der Waals surface area contributed by atoms with Gasteiger partial charge >= 0.3 is 5.97 Å². The van der Waals surface area contributed by atoms with Crippen molar-refractivity contribution in [3.05, 3.63) is 54.0 Å². The van der Waals surface area contributed by atoms with Crippen molar-refractivity contribution in [2.45, 2.75) is 18.1 Å². The Kier molecular flexibility index (Phi) is 5.70. The monoisotopic (exact) mass is 334 g/mol. The highest BCUT2D eigenvalue weighted by molar-refractivity contribution is 7.98. The molecular formula is C16H15FN2O3S. The zero-order valence-corrected chi connectivity index (χ0v) is 13.4. The molecule has 0 spiro atoms. The van der Waals surface area contributed by atoms with E-state index in [4.69, 9.17) is 4.74 Å². The van der Waals surface area contributed by atoms with Crippen molar-refractivity contribution in [3.8, 4) is 0 Å². The Morgan fingerprint density at radius 1 is 1.26 bits per heavy atom. The van der Waals surface area contributed by atoms with Gasteiger partial charge in [0.05, 0.1) is 5.56 Å². The fraction of sp³-hybridized carbons (Fsp3) is 0.188. The second kappa shape index (κ2) is 7.73. The van der Waals surface area contributed by atoms with E-state index in [9.17, 15) is 14.0 Å². The van der Waals surface area contributed by atoms with Crippen LogP contribution in [0, 0.1) is 5.82 Å². The van der Waals surface area contributed by atoms with Crippen molar-refractivity contribution in [3.63, 3.8) is 0 Å². The lowest BCUT2D eigenvalue weighted by molar-refractivity contribution is -0.123. The van der Waals surface area contributed by atoms with Gasteiger partial charge < -0.3 is 10.1 Å². The summed E-state index contributed by atoms with van der Waals surface area (Å²) < 4.78 is 18.0. The number of rotatable bonds is 5. The molecule has 0 aliphatic rings. The first-order valence-electron chi connectivity index (χ1n) is 6.77. The van der Waals surface area contributed by atoms with Crippen LogP contribution in [0.4, 0.5) is 10.1 Å². The number of amides is 1. The van der Waals surface area contributed by atoms with Gasteiger partial charge in [0.25, 0.3) is 5.91 Å². The highest BCUT2D eigenvalue weighted by Crippen LogP contribution is 2.18. The maximum absolute atomic E-state index is 12.8. The van der Waals surface area contributed by atoms with Crippen LogP contribution in [0.25, 0.3) is 0 Å². The molecule has 0 saturated heterocycles. The summed E-state index contributed by atoms with van der Waals surface area (Å²) in [5.41, 5.74) is 0.729. The lowest BCUT2D eigenvalue weighted by Crippen LogP contribution is -2.30. The molecule has 120 valence electrons. The standard InChI is InChI=1S/C16H15FN2O3S/c1-10(14(20)19-12-7-5-11(17)6-8-12)22-16(21)13-4-3-9-18-15(13)23-2/h3-10H,1-2H3,(H,19,20)/t10-/m1/s1. The van der Waals surface area contributed by atoms with Crippen molar-refractivity contribution >= 4 is 29.3 Å². The molecule has 5 nitrogen and oxygen atoms in total. The second-order valence-electron chi connectivity index (χ2n) is 4.60. The Balaban J connectivity index is 2.00. The van der Waals surface area contributed by atoms with E-state index in [0.29, 0.717) is 16.3 Å². The molecule has 0 aliphatic heterocycles. The molecule has 0 unspecified atom stereocenters. The quantitative estimate of drug-likeness (QED) is 0.672. The number of nitrogens with zero attached hydrogens (tertiary/aromatic N) is 1. The van der Waals surface area contributed by atoms with Crippen LogP contribution >= 0.6 is 11.8 Å². The van der Waals surface area contributed by atoms with E-state index in [-0.39, 0.29) is 0 Å². The summed E-state index contributed by atoms with van der Waals surface area (Å²) >= 11 is 1.32. The number of carbonyl (C=O) groups excluding carboxylic acids is 2. The van der Waals surface area contributed by atoms with Crippen LogP contribution < -0.4 is 5.32 Å². The van der Waals surface area contributed by atoms with Crippen LogP contribution in [0.3, 0.4) is 0 Å².